The lowest BCUT2D eigenvalue weighted by molar-refractivity contribution is -0.144. The molecule has 0 saturated carbocycles. The molecule has 0 aliphatic carbocycles. The highest BCUT2D eigenvalue weighted by atomic mass is 79.9. The van der Waals surface area contributed by atoms with E-state index in [0.29, 0.717) is 5.69 Å². The van der Waals surface area contributed by atoms with Crippen LogP contribution in [-0.4, -0.2) is 24.2 Å². The van der Waals surface area contributed by atoms with E-state index in [1.165, 1.54) is 11.8 Å². The van der Waals surface area contributed by atoms with E-state index in [-0.39, 0.29) is 18.3 Å². The Balaban J connectivity index is 1.71. The minimum atomic E-state index is -0.419. The van der Waals surface area contributed by atoms with Gasteiger partial charge < -0.3 is 10.1 Å². The first-order valence-electron chi connectivity index (χ1n) is 6.93. The molecular weight excluding hydrogens is 378 g/mol. The maximum Gasteiger partial charge on any atom is 0.316 e. The van der Waals surface area contributed by atoms with Gasteiger partial charge in [-0.3, -0.25) is 9.59 Å². The molecule has 0 spiro atoms. The van der Waals surface area contributed by atoms with Gasteiger partial charge in [-0.2, -0.15) is 0 Å². The van der Waals surface area contributed by atoms with Crippen LogP contribution in [0.5, 0.6) is 0 Å². The molecule has 1 N–H and O–H groups in total. The van der Waals surface area contributed by atoms with E-state index in [0.717, 1.165) is 14.9 Å². The molecule has 0 aliphatic rings. The van der Waals surface area contributed by atoms with Crippen molar-refractivity contribution in [3.05, 3.63) is 58.6 Å². The Kier molecular flexibility index (Phi) is 6.67. The van der Waals surface area contributed by atoms with Crippen LogP contribution in [0.2, 0.25) is 0 Å². The van der Waals surface area contributed by atoms with Crippen LogP contribution >= 0.6 is 27.7 Å². The second-order valence-corrected chi connectivity index (χ2v) is 6.79. The lowest BCUT2D eigenvalue weighted by atomic mass is 10.2. The Labute approximate surface area is 147 Å². The van der Waals surface area contributed by atoms with Crippen LogP contribution in [0.15, 0.2) is 57.9 Å². The molecule has 0 atom stereocenters. The number of amides is 1. The SMILES string of the molecule is Cc1cccc(NC(=O)COC(=O)CSc2ccc(Br)cc2)c1. The molecule has 2 rings (SSSR count). The third kappa shape index (κ3) is 6.46. The van der Waals surface area contributed by atoms with Crippen molar-refractivity contribution in [2.45, 2.75) is 11.8 Å². The summed E-state index contributed by atoms with van der Waals surface area (Å²) >= 11 is 4.72. The molecule has 6 heteroatoms. The lowest BCUT2D eigenvalue weighted by Gasteiger charge is -2.07. The zero-order chi connectivity index (χ0) is 16.7. The average Bonchev–Trinajstić information content (AvgIpc) is 2.52. The van der Waals surface area contributed by atoms with Gasteiger partial charge in [-0.15, -0.1) is 11.8 Å². The molecule has 0 radical (unpaired) electrons. The normalized spacial score (nSPS) is 10.2. The Morgan fingerprint density at radius 2 is 1.91 bits per heavy atom. The number of carbonyl (C=O) groups excluding carboxylic acids is 2. The van der Waals surface area contributed by atoms with Crippen molar-refractivity contribution in [3.63, 3.8) is 0 Å². The van der Waals surface area contributed by atoms with Crippen LogP contribution in [-0.2, 0) is 14.3 Å². The van der Waals surface area contributed by atoms with Gasteiger partial charge in [0.25, 0.3) is 5.91 Å². The van der Waals surface area contributed by atoms with Gasteiger partial charge >= 0.3 is 5.97 Å². The lowest BCUT2D eigenvalue weighted by Crippen LogP contribution is -2.21. The molecule has 1 amide bonds. The molecule has 2 aromatic rings. The fourth-order valence-corrected chi connectivity index (χ4v) is 2.74. The summed E-state index contributed by atoms with van der Waals surface area (Å²) in [5.41, 5.74) is 1.74. The number of carbonyl (C=O) groups is 2. The van der Waals surface area contributed by atoms with E-state index < -0.39 is 5.97 Å². The van der Waals surface area contributed by atoms with Gasteiger partial charge in [0.05, 0.1) is 5.75 Å². The van der Waals surface area contributed by atoms with Crippen LogP contribution in [0.25, 0.3) is 0 Å². The molecule has 0 heterocycles. The van der Waals surface area contributed by atoms with Gasteiger partial charge in [0.15, 0.2) is 6.61 Å². The summed E-state index contributed by atoms with van der Waals surface area (Å²) in [6, 6.07) is 15.1. The van der Waals surface area contributed by atoms with E-state index in [1.54, 1.807) is 6.07 Å². The summed E-state index contributed by atoms with van der Waals surface area (Å²) in [4.78, 5) is 24.4. The summed E-state index contributed by atoms with van der Waals surface area (Å²) < 4.78 is 5.95. The summed E-state index contributed by atoms with van der Waals surface area (Å²) in [7, 11) is 0. The first-order valence-corrected chi connectivity index (χ1v) is 8.71. The second kappa shape index (κ2) is 8.74. The predicted molar refractivity (Wildman–Crippen MR) is 95.6 cm³/mol. The average molecular weight is 394 g/mol. The van der Waals surface area contributed by atoms with Gasteiger partial charge in [0, 0.05) is 15.1 Å². The summed E-state index contributed by atoms with van der Waals surface area (Å²) in [6.07, 6.45) is 0. The van der Waals surface area contributed by atoms with Gasteiger partial charge in [0.2, 0.25) is 0 Å². The molecule has 4 nitrogen and oxygen atoms in total. The summed E-state index contributed by atoms with van der Waals surface area (Å²) in [5, 5.41) is 2.69. The highest BCUT2D eigenvalue weighted by Gasteiger charge is 2.08. The zero-order valence-electron chi connectivity index (χ0n) is 12.5. The molecule has 23 heavy (non-hydrogen) atoms. The third-order valence-electron chi connectivity index (χ3n) is 2.84. The highest BCUT2D eigenvalue weighted by Crippen LogP contribution is 2.20. The molecular formula is C17H16BrNO3S. The van der Waals surface area contributed by atoms with Crippen molar-refractivity contribution in [2.75, 3.05) is 17.7 Å². The van der Waals surface area contributed by atoms with Crippen molar-refractivity contribution in [2.24, 2.45) is 0 Å². The van der Waals surface area contributed by atoms with Gasteiger partial charge in [0.1, 0.15) is 0 Å². The van der Waals surface area contributed by atoms with E-state index in [4.69, 9.17) is 4.74 Å². The molecule has 0 fully saturated rings. The number of benzene rings is 2. The number of anilines is 1. The molecule has 0 aliphatic heterocycles. The number of rotatable bonds is 6. The number of hydrogen-bond acceptors (Lipinski definition) is 4. The molecule has 120 valence electrons. The minimum absolute atomic E-state index is 0.166. The molecule has 0 aromatic heterocycles. The summed E-state index contributed by atoms with van der Waals surface area (Å²) in [5.74, 6) is -0.603. The predicted octanol–water partition coefficient (Wildman–Crippen LogP) is 4.03. The topological polar surface area (TPSA) is 55.4 Å². The standard InChI is InChI=1S/C17H16BrNO3S/c1-12-3-2-4-14(9-12)19-16(20)10-22-17(21)11-23-15-7-5-13(18)6-8-15/h2-9H,10-11H2,1H3,(H,19,20). The molecule has 0 bridgehead atoms. The first kappa shape index (κ1) is 17.6. The maximum absolute atomic E-state index is 11.7. The van der Waals surface area contributed by atoms with E-state index >= 15 is 0 Å². The largest absolute Gasteiger partial charge is 0.455 e. The number of hydrogen-bond donors (Lipinski definition) is 1. The van der Waals surface area contributed by atoms with Crippen LogP contribution < -0.4 is 5.32 Å². The smallest absolute Gasteiger partial charge is 0.316 e. The number of thioether (sulfide) groups is 1. The van der Waals surface area contributed by atoms with Crippen molar-refractivity contribution in [1.29, 1.82) is 0 Å². The maximum atomic E-state index is 11.7. The number of halogens is 1. The summed E-state index contributed by atoms with van der Waals surface area (Å²) in [6.45, 7) is 1.66. The van der Waals surface area contributed by atoms with E-state index in [1.807, 2.05) is 49.4 Å². The number of nitrogens with one attached hydrogen (secondary N) is 1. The van der Waals surface area contributed by atoms with Crippen molar-refractivity contribution >= 4 is 45.3 Å². The highest BCUT2D eigenvalue weighted by molar-refractivity contribution is 9.10. The van der Waals surface area contributed by atoms with E-state index in [9.17, 15) is 9.59 Å². The van der Waals surface area contributed by atoms with Crippen LogP contribution in [0, 0.1) is 6.92 Å². The fraction of sp³-hybridized carbons (Fsp3) is 0.176. The number of ether oxygens (including phenoxy) is 1. The molecule has 2 aromatic carbocycles. The molecule has 0 saturated heterocycles. The van der Waals surface area contributed by atoms with Crippen LogP contribution in [0.3, 0.4) is 0 Å². The number of aryl methyl sites for hydroxylation is 1. The van der Waals surface area contributed by atoms with Crippen LogP contribution in [0.4, 0.5) is 5.69 Å². The fourth-order valence-electron chi connectivity index (χ4n) is 1.78. The number of esters is 1. The monoisotopic (exact) mass is 393 g/mol. The Morgan fingerprint density at radius 3 is 2.61 bits per heavy atom. The Bertz CT molecular complexity index is 688. The van der Waals surface area contributed by atoms with Gasteiger partial charge in [-0.05, 0) is 48.9 Å². The molecule has 0 unspecified atom stereocenters. The van der Waals surface area contributed by atoms with Crippen LogP contribution in [0.1, 0.15) is 5.56 Å². The van der Waals surface area contributed by atoms with Crippen molar-refractivity contribution < 1.29 is 14.3 Å². The van der Waals surface area contributed by atoms with Crippen molar-refractivity contribution in [1.82, 2.24) is 0 Å². The zero-order valence-corrected chi connectivity index (χ0v) is 14.9. The third-order valence-corrected chi connectivity index (χ3v) is 4.35. The first-order chi connectivity index (χ1) is 11.0. The van der Waals surface area contributed by atoms with Gasteiger partial charge in [-0.1, -0.05) is 28.1 Å². The van der Waals surface area contributed by atoms with E-state index in [2.05, 4.69) is 21.2 Å². The van der Waals surface area contributed by atoms with Crippen molar-refractivity contribution in [3.8, 4) is 0 Å². The minimum Gasteiger partial charge on any atom is -0.455 e. The second-order valence-electron chi connectivity index (χ2n) is 4.82. The quantitative estimate of drug-likeness (QED) is 0.594. The van der Waals surface area contributed by atoms with Gasteiger partial charge in [-0.25, -0.2) is 0 Å². The Hall–Kier alpha value is -1.79. The Morgan fingerprint density at radius 1 is 1.17 bits per heavy atom.